The van der Waals surface area contributed by atoms with E-state index in [2.05, 4.69) is 20.9 Å². The van der Waals surface area contributed by atoms with Crippen molar-refractivity contribution in [2.75, 3.05) is 37.5 Å². The molecule has 0 bridgehead atoms. The van der Waals surface area contributed by atoms with Gasteiger partial charge in [-0.15, -0.1) is 0 Å². The molecule has 29 heavy (non-hydrogen) atoms. The quantitative estimate of drug-likeness (QED) is 0.576. The molecule has 2 aromatic rings. The lowest BCUT2D eigenvalue weighted by atomic mass is 10.2. The molecule has 0 unspecified atom stereocenters. The summed E-state index contributed by atoms with van der Waals surface area (Å²) in [4.78, 5) is 40.9. The standard InChI is InChI=1S/C19H25BrN4O5/c1-12(2)10-24-17(21)16(18(26)22-19(24)27)23(8-9-28-3)15(25)11-29-14-6-4-13(20)5-7-14/h4-7,12H,8-11,21H2,1-3H3,(H,22,26,27). The van der Waals surface area contributed by atoms with Crippen molar-refractivity contribution in [3.63, 3.8) is 0 Å². The van der Waals surface area contributed by atoms with Gasteiger partial charge in [-0.05, 0) is 30.2 Å². The van der Waals surface area contributed by atoms with Gasteiger partial charge in [0, 0.05) is 24.7 Å². The van der Waals surface area contributed by atoms with E-state index >= 15 is 0 Å². The fraction of sp³-hybridized carbons (Fsp3) is 0.421. The second-order valence-electron chi connectivity index (χ2n) is 6.78. The third-order valence-electron chi connectivity index (χ3n) is 4.03. The Hall–Kier alpha value is -2.59. The summed E-state index contributed by atoms with van der Waals surface area (Å²) in [5.74, 6) is 0.0509. The zero-order valence-electron chi connectivity index (χ0n) is 16.6. The molecular formula is C19H25BrN4O5. The van der Waals surface area contributed by atoms with Crippen LogP contribution < -0.4 is 26.6 Å². The van der Waals surface area contributed by atoms with Gasteiger partial charge in [-0.25, -0.2) is 4.79 Å². The van der Waals surface area contributed by atoms with E-state index in [4.69, 9.17) is 15.2 Å². The molecule has 3 N–H and O–H groups in total. The number of benzene rings is 1. The summed E-state index contributed by atoms with van der Waals surface area (Å²) in [5.41, 5.74) is 4.69. The van der Waals surface area contributed by atoms with E-state index in [9.17, 15) is 14.4 Å². The number of anilines is 2. The van der Waals surface area contributed by atoms with E-state index in [1.807, 2.05) is 13.8 Å². The van der Waals surface area contributed by atoms with Crippen molar-refractivity contribution in [3.05, 3.63) is 49.6 Å². The monoisotopic (exact) mass is 468 g/mol. The number of nitrogen functional groups attached to an aromatic ring is 1. The molecule has 158 valence electrons. The van der Waals surface area contributed by atoms with Gasteiger partial charge in [0.25, 0.3) is 11.5 Å². The zero-order valence-corrected chi connectivity index (χ0v) is 18.2. The molecule has 0 saturated carbocycles. The first kappa shape index (κ1) is 22.7. The molecule has 2 rings (SSSR count). The third-order valence-corrected chi connectivity index (χ3v) is 4.56. The van der Waals surface area contributed by atoms with Crippen molar-refractivity contribution in [1.82, 2.24) is 9.55 Å². The molecule has 1 amide bonds. The Morgan fingerprint density at radius 2 is 1.93 bits per heavy atom. The third kappa shape index (κ3) is 5.94. The lowest BCUT2D eigenvalue weighted by Crippen LogP contribution is -2.44. The number of nitrogens with zero attached hydrogens (tertiary/aromatic N) is 2. The SMILES string of the molecule is COCCN(C(=O)COc1ccc(Br)cc1)c1c(N)n(CC(C)C)c(=O)[nH]c1=O. The summed E-state index contributed by atoms with van der Waals surface area (Å²) >= 11 is 3.33. The molecule has 0 fully saturated rings. The predicted octanol–water partition coefficient (Wildman–Crippen LogP) is 1.60. The summed E-state index contributed by atoms with van der Waals surface area (Å²) in [6, 6.07) is 6.99. The smallest absolute Gasteiger partial charge is 0.330 e. The van der Waals surface area contributed by atoms with Crippen LogP contribution in [0.25, 0.3) is 0 Å². The highest BCUT2D eigenvalue weighted by atomic mass is 79.9. The molecule has 1 aromatic heterocycles. The van der Waals surface area contributed by atoms with E-state index < -0.39 is 17.2 Å². The van der Waals surface area contributed by atoms with Gasteiger partial charge in [0.2, 0.25) is 0 Å². The van der Waals surface area contributed by atoms with Gasteiger partial charge in [-0.2, -0.15) is 0 Å². The van der Waals surface area contributed by atoms with Crippen LogP contribution in [0.5, 0.6) is 5.75 Å². The maximum absolute atomic E-state index is 12.9. The molecule has 0 spiro atoms. The van der Waals surface area contributed by atoms with E-state index in [-0.39, 0.29) is 37.2 Å². The highest BCUT2D eigenvalue weighted by molar-refractivity contribution is 9.10. The number of hydrogen-bond donors (Lipinski definition) is 2. The molecule has 0 saturated heterocycles. The van der Waals surface area contributed by atoms with E-state index in [0.717, 1.165) is 4.47 Å². The number of ether oxygens (including phenoxy) is 2. The van der Waals surface area contributed by atoms with Gasteiger partial charge in [-0.3, -0.25) is 24.0 Å². The van der Waals surface area contributed by atoms with Crippen LogP contribution in [0.2, 0.25) is 0 Å². The summed E-state index contributed by atoms with van der Waals surface area (Å²) in [5, 5.41) is 0. The van der Waals surface area contributed by atoms with Crippen LogP contribution >= 0.6 is 15.9 Å². The number of hydrogen-bond acceptors (Lipinski definition) is 6. The molecule has 0 atom stereocenters. The average Bonchev–Trinajstić information content (AvgIpc) is 2.66. The summed E-state index contributed by atoms with van der Waals surface area (Å²) < 4.78 is 12.7. The average molecular weight is 469 g/mol. The minimum Gasteiger partial charge on any atom is -0.484 e. The van der Waals surface area contributed by atoms with Crippen molar-refractivity contribution in [1.29, 1.82) is 0 Å². The minimum atomic E-state index is -0.736. The number of nitrogens with two attached hydrogens (primary N) is 1. The minimum absolute atomic E-state index is 0.0689. The number of aromatic nitrogens is 2. The Morgan fingerprint density at radius 1 is 1.28 bits per heavy atom. The Kier molecular flexibility index (Phi) is 8.03. The molecule has 0 aliphatic rings. The fourth-order valence-electron chi connectivity index (χ4n) is 2.68. The molecule has 9 nitrogen and oxygen atoms in total. The van der Waals surface area contributed by atoms with Crippen molar-refractivity contribution >= 4 is 33.3 Å². The van der Waals surface area contributed by atoms with Crippen molar-refractivity contribution in [2.45, 2.75) is 20.4 Å². The molecule has 10 heteroatoms. The van der Waals surface area contributed by atoms with Crippen molar-refractivity contribution in [2.24, 2.45) is 5.92 Å². The Bertz CT molecular complexity index is 953. The van der Waals surface area contributed by atoms with Crippen LogP contribution in [0.15, 0.2) is 38.3 Å². The first-order valence-corrected chi connectivity index (χ1v) is 9.84. The van der Waals surface area contributed by atoms with Crippen LogP contribution in [0.1, 0.15) is 13.8 Å². The topological polar surface area (TPSA) is 120 Å². The maximum atomic E-state index is 12.9. The van der Waals surface area contributed by atoms with E-state index in [0.29, 0.717) is 12.3 Å². The largest absolute Gasteiger partial charge is 0.484 e. The molecular weight excluding hydrogens is 444 g/mol. The van der Waals surface area contributed by atoms with Gasteiger partial charge in [0.1, 0.15) is 11.6 Å². The van der Waals surface area contributed by atoms with Crippen LogP contribution in [0.4, 0.5) is 11.5 Å². The van der Waals surface area contributed by atoms with Crippen LogP contribution in [-0.4, -0.2) is 42.3 Å². The number of amides is 1. The van der Waals surface area contributed by atoms with Crippen molar-refractivity contribution in [3.8, 4) is 5.75 Å². The van der Waals surface area contributed by atoms with Gasteiger partial charge in [0.15, 0.2) is 12.3 Å². The Labute approximate surface area is 176 Å². The Balaban J connectivity index is 2.35. The molecule has 1 heterocycles. The zero-order chi connectivity index (χ0) is 21.6. The molecule has 0 aliphatic heterocycles. The highest BCUT2D eigenvalue weighted by Crippen LogP contribution is 2.19. The number of aromatic amines is 1. The predicted molar refractivity (Wildman–Crippen MR) is 114 cm³/mol. The Morgan fingerprint density at radius 3 is 2.52 bits per heavy atom. The van der Waals surface area contributed by atoms with Gasteiger partial charge in [-0.1, -0.05) is 29.8 Å². The number of carbonyl (C=O) groups excluding carboxylic acids is 1. The molecule has 0 radical (unpaired) electrons. The number of carbonyl (C=O) groups is 1. The van der Waals surface area contributed by atoms with Crippen LogP contribution in [-0.2, 0) is 16.1 Å². The second kappa shape index (κ2) is 10.3. The van der Waals surface area contributed by atoms with Gasteiger partial charge >= 0.3 is 5.69 Å². The highest BCUT2D eigenvalue weighted by Gasteiger charge is 2.24. The second-order valence-corrected chi connectivity index (χ2v) is 7.69. The summed E-state index contributed by atoms with van der Waals surface area (Å²) in [6.45, 7) is 4.06. The lowest BCUT2D eigenvalue weighted by molar-refractivity contribution is -0.120. The fourth-order valence-corrected chi connectivity index (χ4v) is 2.95. The van der Waals surface area contributed by atoms with E-state index in [1.165, 1.54) is 16.6 Å². The van der Waals surface area contributed by atoms with Gasteiger partial charge in [0.05, 0.1) is 6.61 Å². The summed E-state index contributed by atoms with van der Waals surface area (Å²) in [6.07, 6.45) is 0. The van der Waals surface area contributed by atoms with Crippen molar-refractivity contribution < 1.29 is 14.3 Å². The number of H-pyrrole nitrogens is 1. The van der Waals surface area contributed by atoms with E-state index in [1.54, 1.807) is 24.3 Å². The normalized spacial score (nSPS) is 10.9. The molecule has 1 aromatic carbocycles. The number of rotatable bonds is 9. The number of methoxy groups -OCH3 is 1. The lowest BCUT2D eigenvalue weighted by Gasteiger charge is -2.24. The first-order chi connectivity index (χ1) is 13.7. The number of halogens is 1. The van der Waals surface area contributed by atoms with Crippen LogP contribution in [0, 0.1) is 5.92 Å². The van der Waals surface area contributed by atoms with Gasteiger partial charge < -0.3 is 15.2 Å². The first-order valence-electron chi connectivity index (χ1n) is 9.04. The number of nitrogens with one attached hydrogen (secondary N) is 1. The molecule has 0 aliphatic carbocycles. The maximum Gasteiger partial charge on any atom is 0.330 e. The summed E-state index contributed by atoms with van der Waals surface area (Å²) in [7, 11) is 1.48. The van der Waals surface area contributed by atoms with Crippen LogP contribution in [0.3, 0.4) is 0 Å².